The summed E-state index contributed by atoms with van der Waals surface area (Å²) in [6.07, 6.45) is 4.06. The average molecular weight is 303 g/mol. The van der Waals surface area contributed by atoms with Crippen molar-refractivity contribution in [1.82, 2.24) is 4.98 Å². The lowest BCUT2D eigenvalue weighted by Gasteiger charge is -2.13. The van der Waals surface area contributed by atoms with Crippen molar-refractivity contribution in [3.63, 3.8) is 0 Å². The summed E-state index contributed by atoms with van der Waals surface area (Å²) in [4.78, 5) is 16.6. The largest absolute Gasteiger partial charge is 0.398 e. The molecular formula is C19H17N3O. The van der Waals surface area contributed by atoms with Crippen molar-refractivity contribution in [2.45, 2.75) is 6.42 Å². The van der Waals surface area contributed by atoms with Gasteiger partial charge in [0.1, 0.15) is 0 Å². The molecule has 0 aliphatic rings. The molecule has 0 spiro atoms. The molecule has 2 aromatic carbocycles. The van der Waals surface area contributed by atoms with Crippen LogP contribution in [0.4, 0.5) is 11.4 Å². The number of nitrogens with one attached hydrogen (secondary N) is 1. The van der Waals surface area contributed by atoms with Crippen LogP contribution in [0.25, 0.3) is 0 Å². The van der Waals surface area contributed by atoms with E-state index < -0.39 is 0 Å². The molecule has 3 aromatic rings. The van der Waals surface area contributed by atoms with Gasteiger partial charge in [0.15, 0.2) is 0 Å². The molecule has 4 nitrogen and oxygen atoms in total. The molecule has 0 saturated heterocycles. The maximum absolute atomic E-state index is 12.6. The smallest absolute Gasteiger partial charge is 0.256 e. The van der Waals surface area contributed by atoms with Crippen LogP contribution in [-0.4, -0.2) is 10.9 Å². The van der Waals surface area contributed by atoms with E-state index in [9.17, 15) is 4.79 Å². The third kappa shape index (κ3) is 3.55. The van der Waals surface area contributed by atoms with Gasteiger partial charge in [0.2, 0.25) is 0 Å². The summed E-state index contributed by atoms with van der Waals surface area (Å²) in [6, 6.07) is 18.6. The van der Waals surface area contributed by atoms with Crippen LogP contribution >= 0.6 is 0 Å². The van der Waals surface area contributed by atoms with Crippen LogP contribution < -0.4 is 11.1 Å². The summed E-state index contributed by atoms with van der Waals surface area (Å²) in [6.45, 7) is 0. The zero-order chi connectivity index (χ0) is 16.1. The lowest BCUT2D eigenvalue weighted by molar-refractivity contribution is 0.102. The molecule has 114 valence electrons. The Bertz CT molecular complexity index is 801. The van der Waals surface area contributed by atoms with E-state index in [1.54, 1.807) is 24.5 Å². The van der Waals surface area contributed by atoms with Crippen molar-refractivity contribution in [1.29, 1.82) is 0 Å². The minimum atomic E-state index is -0.160. The lowest BCUT2D eigenvalue weighted by Crippen LogP contribution is -2.15. The fourth-order valence-electron chi connectivity index (χ4n) is 2.44. The van der Waals surface area contributed by atoms with Crippen LogP contribution in [0.15, 0.2) is 73.1 Å². The highest BCUT2D eigenvalue weighted by molar-refractivity contribution is 6.06. The molecule has 1 heterocycles. The maximum Gasteiger partial charge on any atom is 0.256 e. The molecule has 0 fully saturated rings. The molecule has 0 aliphatic heterocycles. The first kappa shape index (κ1) is 14.8. The predicted molar refractivity (Wildman–Crippen MR) is 92.3 cm³/mol. The van der Waals surface area contributed by atoms with E-state index in [1.165, 1.54) is 0 Å². The topological polar surface area (TPSA) is 68.0 Å². The van der Waals surface area contributed by atoms with E-state index in [4.69, 9.17) is 5.73 Å². The average Bonchev–Trinajstić information content (AvgIpc) is 2.58. The summed E-state index contributed by atoms with van der Waals surface area (Å²) in [5.74, 6) is -0.160. The van der Waals surface area contributed by atoms with Gasteiger partial charge >= 0.3 is 0 Å². The van der Waals surface area contributed by atoms with Crippen LogP contribution in [0.5, 0.6) is 0 Å². The molecule has 0 radical (unpaired) electrons. The molecule has 0 atom stereocenters. The Kier molecular flexibility index (Phi) is 4.34. The highest BCUT2D eigenvalue weighted by atomic mass is 16.1. The minimum Gasteiger partial charge on any atom is -0.398 e. The SMILES string of the molecule is Nc1cccc(C(=O)Nc2ccccc2)c1Cc1ccncc1. The van der Waals surface area contributed by atoms with Crippen molar-refractivity contribution < 1.29 is 4.79 Å². The molecule has 4 heteroatoms. The molecule has 0 bridgehead atoms. The first-order chi connectivity index (χ1) is 11.2. The van der Waals surface area contributed by atoms with Gasteiger partial charge in [-0.05, 0) is 47.5 Å². The lowest BCUT2D eigenvalue weighted by atomic mass is 9.98. The molecule has 0 saturated carbocycles. The zero-order valence-electron chi connectivity index (χ0n) is 12.6. The summed E-state index contributed by atoms with van der Waals surface area (Å²) in [7, 11) is 0. The second-order valence-corrected chi connectivity index (χ2v) is 5.23. The Morgan fingerprint density at radius 2 is 1.70 bits per heavy atom. The van der Waals surface area contributed by atoms with Crippen LogP contribution in [0.2, 0.25) is 0 Å². The number of nitrogen functional groups attached to an aromatic ring is 1. The monoisotopic (exact) mass is 303 g/mol. The van der Waals surface area contributed by atoms with Crippen molar-refractivity contribution in [2.24, 2.45) is 0 Å². The van der Waals surface area contributed by atoms with Crippen molar-refractivity contribution in [3.8, 4) is 0 Å². The van der Waals surface area contributed by atoms with Gasteiger partial charge < -0.3 is 11.1 Å². The number of benzene rings is 2. The number of nitrogens with zero attached hydrogens (tertiary/aromatic N) is 1. The van der Waals surface area contributed by atoms with E-state index in [1.807, 2.05) is 48.5 Å². The fourth-order valence-corrected chi connectivity index (χ4v) is 2.44. The summed E-state index contributed by atoms with van der Waals surface area (Å²) >= 11 is 0. The van der Waals surface area contributed by atoms with Crippen molar-refractivity contribution in [2.75, 3.05) is 11.1 Å². The predicted octanol–water partition coefficient (Wildman–Crippen LogP) is 3.51. The van der Waals surface area contributed by atoms with Crippen LogP contribution in [0, 0.1) is 0 Å². The van der Waals surface area contributed by atoms with Gasteiger partial charge in [-0.1, -0.05) is 24.3 Å². The molecule has 23 heavy (non-hydrogen) atoms. The van der Waals surface area contributed by atoms with E-state index in [0.29, 0.717) is 17.7 Å². The van der Waals surface area contributed by atoms with Gasteiger partial charge in [-0.15, -0.1) is 0 Å². The van der Waals surface area contributed by atoms with Gasteiger partial charge in [0.05, 0.1) is 0 Å². The Morgan fingerprint density at radius 3 is 2.43 bits per heavy atom. The van der Waals surface area contributed by atoms with Crippen molar-refractivity contribution in [3.05, 3.63) is 89.7 Å². The Balaban J connectivity index is 1.90. The van der Waals surface area contributed by atoms with Crippen molar-refractivity contribution >= 4 is 17.3 Å². The molecule has 0 aliphatic carbocycles. The van der Waals surface area contributed by atoms with Gasteiger partial charge in [-0.3, -0.25) is 9.78 Å². The van der Waals surface area contributed by atoms with Crippen LogP contribution in [0.3, 0.4) is 0 Å². The number of para-hydroxylation sites is 1. The second-order valence-electron chi connectivity index (χ2n) is 5.23. The highest BCUT2D eigenvalue weighted by Gasteiger charge is 2.14. The Labute approximate surface area is 135 Å². The number of aromatic nitrogens is 1. The Morgan fingerprint density at radius 1 is 0.957 bits per heavy atom. The number of anilines is 2. The quantitative estimate of drug-likeness (QED) is 0.725. The van der Waals surface area contributed by atoms with Gasteiger partial charge in [0.25, 0.3) is 5.91 Å². The third-order valence-electron chi connectivity index (χ3n) is 3.62. The molecular weight excluding hydrogens is 286 g/mol. The number of carbonyl (C=O) groups is 1. The van der Waals surface area contributed by atoms with E-state index in [-0.39, 0.29) is 5.91 Å². The Hall–Kier alpha value is -3.14. The standard InChI is InChI=1S/C19H17N3O/c20-18-8-4-7-16(17(18)13-14-9-11-21-12-10-14)19(23)22-15-5-2-1-3-6-15/h1-12H,13,20H2,(H,22,23). The molecule has 1 aromatic heterocycles. The zero-order valence-corrected chi connectivity index (χ0v) is 12.6. The number of hydrogen-bond donors (Lipinski definition) is 2. The van der Waals surface area contributed by atoms with E-state index >= 15 is 0 Å². The third-order valence-corrected chi connectivity index (χ3v) is 3.62. The number of nitrogens with two attached hydrogens (primary N) is 1. The van der Waals surface area contributed by atoms with E-state index in [0.717, 1.165) is 16.8 Å². The first-order valence-corrected chi connectivity index (χ1v) is 7.37. The van der Waals surface area contributed by atoms with Crippen LogP contribution in [0.1, 0.15) is 21.5 Å². The maximum atomic E-state index is 12.6. The number of carbonyl (C=O) groups excluding carboxylic acids is 1. The number of amides is 1. The molecule has 3 rings (SSSR count). The summed E-state index contributed by atoms with van der Waals surface area (Å²) in [5.41, 5.74) is 9.95. The number of pyridine rings is 1. The number of rotatable bonds is 4. The normalized spacial score (nSPS) is 10.3. The minimum absolute atomic E-state index is 0.160. The van der Waals surface area contributed by atoms with Gasteiger partial charge in [-0.2, -0.15) is 0 Å². The fraction of sp³-hybridized carbons (Fsp3) is 0.0526. The molecule has 1 amide bonds. The van der Waals surface area contributed by atoms with Gasteiger partial charge in [0, 0.05) is 35.8 Å². The molecule has 0 unspecified atom stereocenters. The van der Waals surface area contributed by atoms with Crippen LogP contribution in [-0.2, 0) is 6.42 Å². The summed E-state index contributed by atoms with van der Waals surface area (Å²) in [5, 5.41) is 2.90. The highest BCUT2D eigenvalue weighted by Crippen LogP contribution is 2.22. The second kappa shape index (κ2) is 6.75. The van der Waals surface area contributed by atoms with Gasteiger partial charge in [-0.25, -0.2) is 0 Å². The summed E-state index contributed by atoms with van der Waals surface area (Å²) < 4.78 is 0. The number of hydrogen-bond acceptors (Lipinski definition) is 3. The first-order valence-electron chi connectivity index (χ1n) is 7.37. The molecule has 3 N–H and O–H groups in total. The van der Waals surface area contributed by atoms with E-state index in [2.05, 4.69) is 10.3 Å².